The summed E-state index contributed by atoms with van der Waals surface area (Å²) < 4.78 is 0. The molecular weight excluding hydrogens is 260 g/mol. The first kappa shape index (κ1) is 14.6. The van der Waals surface area contributed by atoms with Crippen molar-refractivity contribution in [2.45, 2.75) is 64.0 Å². The quantitative estimate of drug-likeness (QED) is 0.871. The van der Waals surface area contributed by atoms with Crippen LogP contribution in [0.4, 0.5) is 0 Å². The summed E-state index contributed by atoms with van der Waals surface area (Å²) in [6, 6.07) is 6.93. The zero-order valence-electron chi connectivity index (χ0n) is 12.9. The largest absolute Gasteiger partial charge is 0.349 e. The van der Waals surface area contributed by atoms with Gasteiger partial charge in [0.15, 0.2) is 0 Å². The summed E-state index contributed by atoms with van der Waals surface area (Å²) in [5.41, 5.74) is 10.2. The van der Waals surface area contributed by atoms with Crippen molar-refractivity contribution in [1.82, 2.24) is 5.32 Å². The van der Waals surface area contributed by atoms with Gasteiger partial charge in [0.05, 0.1) is 6.04 Å². The summed E-state index contributed by atoms with van der Waals surface area (Å²) in [7, 11) is 0. The average Bonchev–Trinajstić information content (AvgIpc) is 3.32. The van der Waals surface area contributed by atoms with Gasteiger partial charge in [0.25, 0.3) is 0 Å². The topological polar surface area (TPSA) is 55.1 Å². The van der Waals surface area contributed by atoms with Crippen molar-refractivity contribution in [1.29, 1.82) is 0 Å². The third-order valence-corrected chi connectivity index (χ3v) is 4.78. The molecule has 3 nitrogen and oxygen atoms in total. The van der Waals surface area contributed by atoms with Crippen molar-refractivity contribution < 1.29 is 4.79 Å². The van der Waals surface area contributed by atoms with Crippen molar-refractivity contribution in [3.05, 3.63) is 34.9 Å². The van der Waals surface area contributed by atoms with Gasteiger partial charge in [-0.1, -0.05) is 31.5 Å². The Hall–Kier alpha value is -1.35. The molecule has 0 aromatic heterocycles. The minimum Gasteiger partial charge on any atom is -0.349 e. The Labute approximate surface area is 127 Å². The molecule has 3 N–H and O–H groups in total. The number of carbonyl (C=O) groups excluding carboxylic acids is 1. The zero-order valence-corrected chi connectivity index (χ0v) is 12.9. The van der Waals surface area contributed by atoms with Crippen molar-refractivity contribution >= 4 is 5.91 Å². The zero-order chi connectivity index (χ0) is 14.8. The molecule has 0 bridgehead atoms. The van der Waals surface area contributed by atoms with Crippen LogP contribution in [0, 0.1) is 5.92 Å². The number of fused-ring (bicyclic) bond motifs is 1. The van der Waals surface area contributed by atoms with E-state index in [1.54, 1.807) is 0 Å². The van der Waals surface area contributed by atoms with Crippen molar-refractivity contribution in [3.8, 4) is 0 Å². The summed E-state index contributed by atoms with van der Waals surface area (Å²) in [5, 5.41) is 3.26. The molecule has 1 saturated carbocycles. The Bertz CT molecular complexity index is 522. The van der Waals surface area contributed by atoms with Crippen LogP contribution in [-0.4, -0.2) is 5.91 Å². The lowest BCUT2D eigenvalue weighted by atomic mass is 9.85. The van der Waals surface area contributed by atoms with E-state index in [0.29, 0.717) is 0 Å². The molecule has 0 radical (unpaired) electrons. The van der Waals surface area contributed by atoms with Gasteiger partial charge in [0, 0.05) is 12.0 Å². The molecule has 3 rings (SSSR count). The lowest BCUT2D eigenvalue weighted by molar-refractivity contribution is -0.123. The highest BCUT2D eigenvalue weighted by Gasteiger charge is 2.32. The van der Waals surface area contributed by atoms with Gasteiger partial charge in [-0.05, 0) is 55.2 Å². The Balaban J connectivity index is 1.80. The highest BCUT2D eigenvalue weighted by molar-refractivity contribution is 5.81. The number of amides is 1. The van der Waals surface area contributed by atoms with E-state index in [1.165, 1.54) is 16.7 Å². The maximum atomic E-state index is 12.1. The molecule has 21 heavy (non-hydrogen) atoms. The van der Waals surface area contributed by atoms with Crippen LogP contribution in [0.1, 0.15) is 74.2 Å². The molecule has 1 aromatic rings. The molecule has 3 heteroatoms. The third-order valence-electron chi connectivity index (χ3n) is 4.78. The van der Waals surface area contributed by atoms with Crippen LogP contribution in [0.15, 0.2) is 18.2 Å². The number of nitrogens with one attached hydrogen (secondary N) is 1. The van der Waals surface area contributed by atoms with E-state index in [9.17, 15) is 4.79 Å². The highest BCUT2D eigenvalue weighted by atomic mass is 16.2. The number of rotatable bonds is 5. The maximum Gasteiger partial charge on any atom is 0.223 e. The van der Waals surface area contributed by atoms with Crippen LogP contribution >= 0.6 is 0 Å². The third kappa shape index (κ3) is 3.29. The monoisotopic (exact) mass is 286 g/mol. The van der Waals surface area contributed by atoms with Crippen LogP contribution in [0.3, 0.4) is 0 Å². The van der Waals surface area contributed by atoms with Crippen LogP contribution < -0.4 is 11.1 Å². The van der Waals surface area contributed by atoms with Gasteiger partial charge in [-0.25, -0.2) is 0 Å². The predicted molar refractivity (Wildman–Crippen MR) is 84.8 cm³/mol. The molecule has 1 aromatic carbocycles. The first-order chi connectivity index (χ1) is 10.2. The molecular formula is C18H26N2O. The molecule has 0 aliphatic heterocycles. The molecule has 2 aliphatic carbocycles. The number of aryl methyl sites for hydroxylation is 1. The smallest absolute Gasteiger partial charge is 0.223 e. The second-order valence-electron chi connectivity index (χ2n) is 6.58. The van der Waals surface area contributed by atoms with Gasteiger partial charge in [0.1, 0.15) is 0 Å². The van der Waals surface area contributed by atoms with E-state index in [-0.39, 0.29) is 23.9 Å². The summed E-state index contributed by atoms with van der Waals surface area (Å²) >= 11 is 0. The minimum atomic E-state index is 0.113. The maximum absolute atomic E-state index is 12.1. The summed E-state index contributed by atoms with van der Waals surface area (Å²) in [5.74, 6) is 0.525. The lowest BCUT2D eigenvalue weighted by Gasteiger charge is -2.28. The van der Waals surface area contributed by atoms with Crippen LogP contribution in [0.5, 0.6) is 0 Å². The molecule has 0 spiro atoms. The molecule has 2 atom stereocenters. The van der Waals surface area contributed by atoms with Gasteiger partial charge in [-0.2, -0.15) is 0 Å². The fourth-order valence-corrected chi connectivity index (χ4v) is 3.31. The van der Waals surface area contributed by atoms with E-state index in [0.717, 1.165) is 44.9 Å². The van der Waals surface area contributed by atoms with Crippen molar-refractivity contribution in [2.24, 2.45) is 11.7 Å². The van der Waals surface area contributed by atoms with Crippen LogP contribution in [-0.2, 0) is 11.2 Å². The predicted octanol–water partition coefficient (Wildman–Crippen LogP) is 3.39. The standard InChI is InChI=1S/C18H26N2O/c1-2-4-16(19)14-10-7-12-5-3-6-17(15(12)11-14)20-18(21)13-8-9-13/h7,10-11,13,16-17H,2-6,8-9,19H2,1H3,(H,20,21). The molecule has 114 valence electrons. The normalized spacial score (nSPS) is 22.5. The molecule has 2 aliphatic rings. The highest BCUT2D eigenvalue weighted by Crippen LogP contribution is 2.34. The summed E-state index contributed by atoms with van der Waals surface area (Å²) in [6.07, 6.45) is 7.56. The van der Waals surface area contributed by atoms with Crippen LogP contribution in [0.25, 0.3) is 0 Å². The summed E-state index contributed by atoms with van der Waals surface area (Å²) in [6.45, 7) is 2.16. The van der Waals surface area contributed by atoms with E-state index < -0.39 is 0 Å². The molecule has 2 unspecified atom stereocenters. The average molecular weight is 286 g/mol. The van der Waals surface area contributed by atoms with E-state index >= 15 is 0 Å². The first-order valence-electron chi connectivity index (χ1n) is 8.37. The number of carbonyl (C=O) groups is 1. The van der Waals surface area contributed by atoms with Gasteiger partial charge < -0.3 is 11.1 Å². The Morgan fingerprint density at radius 1 is 1.38 bits per heavy atom. The van der Waals surface area contributed by atoms with Gasteiger partial charge in [-0.3, -0.25) is 4.79 Å². The molecule has 1 amide bonds. The minimum absolute atomic E-state index is 0.113. The van der Waals surface area contributed by atoms with E-state index in [2.05, 4.69) is 30.4 Å². The fraction of sp³-hybridized carbons (Fsp3) is 0.611. The Morgan fingerprint density at radius 2 is 2.19 bits per heavy atom. The first-order valence-corrected chi connectivity index (χ1v) is 8.37. The molecule has 1 fully saturated rings. The van der Waals surface area contributed by atoms with E-state index in [4.69, 9.17) is 5.73 Å². The SMILES string of the molecule is CCCC(N)c1ccc2c(c1)C(NC(=O)C1CC1)CCC2. The fourth-order valence-electron chi connectivity index (χ4n) is 3.31. The lowest BCUT2D eigenvalue weighted by Crippen LogP contribution is -2.32. The second kappa shape index (κ2) is 6.18. The van der Waals surface area contributed by atoms with Gasteiger partial charge >= 0.3 is 0 Å². The number of nitrogens with two attached hydrogens (primary N) is 1. The number of hydrogen-bond acceptors (Lipinski definition) is 2. The molecule has 0 heterocycles. The Morgan fingerprint density at radius 3 is 2.90 bits per heavy atom. The van der Waals surface area contributed by atoms with Crippen molar-refractivity contribution in [2.75, 3.05) is 0 Å². The second-order valence-corrected chi connectivity index (χ2v) is 6.58. The number of benzene rings is 1. The van der Waals surface area contributed by atoms with Crippen LogP contribution in [0.2, 0.25) is 0 Å². The molecule has 0 saturated heterocycles. The van der Waals surface area contributed by atoms with E-state index in [1.807, 2.05) is 0 Å². The summed E-state index contributed by atoms with van der Waals surface area (Å²) in [4.78, 5) is 12.1. The van der Waals surface area contributed by atoms with Gasteiger partial charge in [0.2, 0.25) is 5.91 Å². The van der Waals surface area contributed by atoms with Crippen molar-refractivity contribution in [3.63, 3.8) is 0 Å². The Kier molecular flexibility index (Phi) is 4.29. The number of hydrogen-bond donors (Lipinski definition) is 2. The van der Waals surface area contributed by atoms with Gasteiger partial charge in [-0.15, -0.1) is 0 Å².